The first kappa shape index (κ1) is 37.3. The van der Waals surface area contributed by atoms with Gasteiger partial charge in [-0.15, -0.1) is 6.42 Å². The lowest BCUT2D eigenvalue weighted by Crippen LogP contribution is -2.60. The summed E-state index contributed by atoms with van der Waals surface area (Å²) in [7, 11) is 1.52. The van der Waals surface area contributed by atoms with Crippen LogP contribution < -0.4 is 10.1 Å². The van der Waals surface area contributed by atoms with Crippen LogP contribution in [0.25, 0.3) is 11.1 Å². The van der Waals surface area contributed by atoms with E-state index >= 15 is 0 Å². The summed E-state index contributed by atoms with van der Waals surface area (Å²) in [4.78, 5) is 44.6. The van der Waals surface area contributed by atoms with Crippen molar-refractivity contribution in [2.75, 3.05) is 40.0 Å². The van der Waals surface area contributed by atoms with Crippen molar-refractivity contribution in [2.24, 2.45) is 5.41 Å². The van der Waals surface area contributed by atoms with Crippen molar-refractivity contribution in [1.29, 1.82) is 0 Å². The van der Waals surface area contributed by atoms with E-state index in [1.54, 1.807) is 16.5 Å². The Balaban J connectivity index is 1.26. The maximum Gasteiger partial charge on any atom is 0.410 e. The molecule has 2 aliphatic rings. The Morgan fingerprint density at radius 3 is 2.47 bits per heavy atom. The summed E-state index contributed by atoms with van der Waals surface area (Å²) in [6.07, 6.45) is 8.13. The number of carbonyl (C=O) groups excluding carboxylic acids is 3. The molecule has 1 N–H and O–H groups in total. The first-order chi connectivity index (χ1) is 24.6. The van der Waals surface area contributed by atoms with Gasteiger partial charge in [-0.25, -0.2) is 4.79 Å². The molecule has 1 aliphatic heterocycles. The molecule has 0 radical (unpaired) electrons. The zero-order valence-corrected chi connectivity index (χ0v) is 30.2. The second kappa shape index (κ2) is 16.8. The minimum absolute atomic E-state index is 0.0612. The number of benzene rings is 2. The molecule has 3 aromatic rings. The van der Waals surface area contributed by atoms with E-state index in [2.05, 4.69) is 45.8 Å². The van der Waals surface area contributed by atoms with Gasteiger partial charge in [0.1, 0.15) is 25.3 Å². The highest BCUT2D eigenvalue weighted by Gasteiger charge is 2.43. The number of fused-ring (bicyclic) bond motifs is 3. The number of rotatable bonds is 16. The van der Waals surface area contributed by atoms with Gasteiger partial charge in [-0.2, -0.15) is 4.68 Å². The minimum Gasteiger partial charge on any atom is -0.463 e. The molecule has 3 atom stereocenters. The molecule has 5 rings (SSSR count). The Kier molecular flexibility index (Phi) is 12.3. The first-order valence-electron chi connectivity index (χ1n) is 17.7. The molecule has 1 fully saturated rings. The van der Waals surface area contributed by atoms with E-state index in [0.29, 0.717) is 25.7 Å². The SMILES string of the molecule is C#CCOCC(C)(C)[C@H](NC(=O)[C@H](C)N(C)C(=O)OCC1c2ccccc2-c2ccccc21)C(=O)N1CCC[C@H]1Cn1nnnc1OCCCC. The number of tetrazole rings is 1. The Labute approximate surface area is 300 Å². The summed E-state index contributed by atoms with van der Waals surface area (Å²) in [6, 6.07) is 14.3. The highest BCUT2D eigenvalue weighted by molar-refractivity contribution is 5.92. The largest absolute Gasteiger partial charge is 0.463 e. The Bertz CT molecular complexity index is 1670. The van der Waals surface area contributed by atoms with Crippen molar-refractivity contribution in [1.82, 2.24) is 35.3 Å². The van der Waals surface area contributed by atoms with E-state index in [4.69, 9.17) is 20.6 Å². The topological polar surface area (TPSA) is 141 Å². The molecule has 3 amide bonds. The molecule has 13 nitrogen and oxygen atoms in total. The van der Waals surface area contributed by atoms with Crippen molar-refractivity contribution >= 4 is 17.9 Å². The van der Waals surface area contributed by atoms with Gasteiger partial charge in [-0.3, -0.25) is 14.5 Å². The number of unbranched alkanes of at least 4 members (excludes halogenated alkanes) is 1. The number of hydrogen-bond donors (Lipinski definition) is 1. The van der Waals surface area contributed by atoms with Crippen molar-refractivity contribution < 1.29 is 28.6 Å². The fourth-order valence-electron chi connectivity index (χ4n) is 6.74. The van der Waals surface area contributed by atoms with E-state index < -0.39 is 29.5 Å². The molecule has 0 saturated carbocycles. The van der Waals surface area contributed by atoms with Crippen LogP contribution in [-0.4, -0.2) is 106 Å². The summed E-state index contributed by atoms with van der Waals surface area (Å²) >= 11 is 0. The Morgan fingerprint density at radius 1 is 1.12 bits per heavy atom. The average Bonchev–Trinajstić information content (AvgIpc) is 3.86. The lowest BCUT2D eigenvalue weighted by Gasteiger charge is -2.38. The molecule has 51 heavy (non-hydrogen) atoms. The smallest absolute Gasteiger partial charge is 0.410 e. The van der Waals surface area contributed by atoms with Gasteiger partial charge in [0.2, 0.25) is 11.8 Å². The predicted octanol–water partition coefficient (Wildman–Crippen LogP) is 4.27. The lowest BCUT2D eigenvalue weighted by atomic mass is 9.83. The minimum atomic E-state index is -0.990. The van der Waals surface area contributed by atoms with E-state index in [0.717, 1.165) is 47.9 Å². The third kappa shape index (κ3) is 8.51. The van der Waals surface area contributed by atoms with Crippen LogP contribution in [0.5, 0.6) is 6.01 Å². The van der Waals surface area contributed by atoms with Crippen LogP contribution in [-0.2, 0) is 25.6 Å². The predicted molar refractivity (Wildman–Crippen MR) is 191 cm³/mol. The van der Waals surface area contributed by atoms with Crippen molar-refractivity contribution in [3.8, 4) is 29.5 Å². The van der Waals surface area contributed by atoms with Crippen LogP contribution in [0.3, 0.4) is 0 Å². The number of ether oxygens (including phenoxy) is 3. The van der Waals surface area contributed by atoms with Crippen LogP contribution in [0.4, 0.5) is 4.79 Å². The normalized spacial score (nSPS) is 16.5. The van der Waals surface area contributed by atoms with Crippen LogP contribution in [0.1, 0.15) is 70.4 Å². The van der Waals surface area contributed by atoms with Gasteiger partial charge in [0.15, 0.2) is 0 Å². The third-order valence-corrected chi connectivity index (χ3v) is 9.83. The number of amides is 3. The fourth-order valence-corrected chi connectivity index (χ4v) is 6.74. The van der Waals surface area contributed by atoms with Gasteiger partial charge in [-0.05, 0) is 58.9 Å². The van der Waals surface area contributed by atoms with Crippen molar-refractivity contribution in [3.05, 3.63) is 59.7 Å². The lowest BCUT2D eigenvalue weighted by molar-refractivity contribution is -0.143. The Morgan fingerprint density at radius 2 is 1.80 bits per heavy atom. The summed E-state index contributed by atoms with van der Waals surface area (Å²) in [6.45, 7) is 9.01. The fraction of sp³-hybridized carbons (Fsp3) is 0.526. The number of nitrogens with one attached hydrogen (secondary N) is 1. The van der Waals surface area contributed by atoms with E-state index in [1.165, 1.54) is 11.9 Å². The van der Waals surface area contributed by atoms with E-state index in [-0.39, 0.29) is 37.7 Å². The molecule has 13 heteroatoms. The van der Waals surface area contributed by atoms with Gasteiger partial charge in [0.05, 0.1) is 25.8 Å². The number of nitrogens with zero attached hydrogens (tertiary/aromatic N) is 6. The number of terminal acetylenes is 1. The van der Waals surface area contributed by atoms with Gasteiger partial charge in [-0.1, -0.05) is 86.7 Å². The van der Waals surface area contributed by atoms with Crippen LogP contribution in [0.2, 0.25) is 0 Å². The molecule has 1 aliphatic carbocycles. The maximum atomic E-state index is 14.4. The molecule has 0 spiro atoms. The maximum absolute atomic E-state index is 14.4. The Hall–Kier alpha value is -4.96. The first-order valence-corrected chi connectivity index (χ1v) is 17.7. The molecular formula is C38H49N7O6. The zero-order valence-electron chi connectivity index (χ0n) is 30.2. The van der Waals surface area contributed by atoms with E-state index in [9.17, 15) is 14.4 Å². The van der Waals surface area contributed by atoms with Crippen LogP contribution in [0, 0.1) is 17.8 Å². The number of carbonyl (C=O) groups is 3. The van der Waals surface area contributed by atoms with Gasteiger partial charge in [0.25, 0.3) is 0 Å². The summed E-state index contributed by atoms with van der Waals surface area (Å²) in [5.41, 5.74) is 3.58. The second-order valence-corrected chi connectivity index (χ2v) is 13.9. The van der Waals surface area contributed by atoms with Gasteiger partial charge in [0, 0.05) is 24.9 Å². The number of aromatic nitrogens is 4. The molecule has 272 valence electrons. The molecule has 0 bridgehead atoms. The number of hydrogen-bond acceptors (Lipinski definition) is 9. The zero-order chi connectivity index (χ0) is 36.5. The monoisotopic (exact) mass is 699 g/mol. The second-order valence-electron chi connectivity index (χ2n) is 13.9. The average molecular weight is 700 g/mol. The summed E-state index contributed by atoms with van der Waals surface area (Å²) < 4.78 is 18.8. The third-order valence-electron chi connectivity index (χ3n) is 9.83. The highest BCUT2D eigenvalue weighted by Crippen LogP contribution is 2.44. The van der Waals surface area contributed by atoms with Crippen molar-refractivity contribution in [3.63, 3.8) is 0 Å². The molecule has 2 heterocycles. The quantitative estimate of drug-likeness (QED) is 0.171. The summed E-state index contributed by atoms with van der Waals surface area (Å²) in [5, 5.41) is 14.8. The summed E-state index contributed by atoms with van der Waals surface area (Å²) in [5.74, 6) is 1.56. The number of likely N-dealkylation sites (tertiary alicyclic amines) is 1. The van der Waals surface area contributed by atoms with Gasteiger partial charge < -0.3 is 24.4 Å². The molecule has 1 saturated heterocycles. The standard InChI is InChI=1S/C38H49N7O6/c1-7-9-22-50-36-40-41-42-45(36)23-27-15-14-20-44(27)35(47)33(38(4,5)25-49-21-8-2)39-34(46)26(3)43(6)37(48)51-24-32-30-18-12-10-16-28(30)29-17-11-13-19-31(29)32/h2,10-13,16-19,26-27,32-33H,7,9,14-15,20-25H2,1,3-6H3,(H,39,46)/t26-,27-,33+/m0/s1. The molecule has 1 aromatic heterocycles. The van der Waals surface area contributed by atoms with Gasteiger partial charge >= 0.3 is 12.1 Å². The number of likely N-dealkylation sites (N-methyl/N-ethyl adjacent to an activating group) is 1. The molecule has 2 aromatic carbocycles. The van der Waals surface area contributed by atoms with Crippen LogP contribution >= 0.6 is 0 Å². The molecule has 0 unspecified atom stereocenters. The van der Waals surface area contributed by atoms with E-state index in [1.807, 2.05) is 50.2 Å². The van der Waals surface area contributed by atoms with Crippen LogP contribution in [0.15, 0.2) is 48.5 Å². The van der Waals surface area contributed by atoms with Crippen molar-refractivity contribution in [2.45, 2.75) is 84.0 Å². The highest BCUT2D eigenvalue weighted by atomic mass is 16.6. The molecular weight excluding hydrogens is 650 g/mol.